The maximum Gasteiger partial charge on any atom is 0.341 e. The molecule has 86 valence electrons. The molecule has 0 aromatic rings. The minimum atomic E-state index is -0.114. The summed E-state index contributed by atoms with van der Waals surface area (Å²) in [6, 6.07) is -0.0892. The number of hydrogen-bond acceptors (Lipinski definition) is 5. The summed E-state index contributed by atoms with van der Waals surface area (Å²) in [5.74, 6) is -0.114. The molecule has 2 aliphatic heterocycles. The van der Waals surface area contributed by atoms with Gasteiger partial charge in [0.25, 0.3) is 0 Å². The Morgan fingerprint density at radius 3 is 2.67 bits per heavy atom. The highest BCUT2D eigenvalue weighted by Crippen LogP contribution is 2.09. The zero-order valence-corrected chi connectivity index (χ0v) is 9.00. The van der Waals surface area contributed by atoms with Crippen LogP contribution in [0.1, 0.15) is 19.3 Å². The zero-order valence-electron chi connectivity index (χ0n) is 9.00. The van der Waals surface area contributed by atoms with E-state index in [1.165, 1.54) is 0 Å². The molecule has 5 nitrogen and oxygen atoms in total. The van der Waals surface area contributed by atoms with Gasteiger partial charge in [-0.3, -0.25) is 0 Å². The van der Waals surface area contributed by atoms with E-state index in [0.717, 1.165) is 52.0 Å². The molecule has 15 heavy (non-hydrogen) atoms. The molecule has 1 atom stereocenters. The number of rotatable bonds is 2. The fourth-order valence-electron chi connectivity index (χ4n) is 1.98. The molecule has 5 heteroatoms. The Morgan fingerprint density at radius 1 is 1.20 bits per heavy atom. The monoisotopic (exact) mass is 213 g/mol. The van der Waals surface area contributed by atoms with Crippen molar-refractivity contribution in [1.82, 2.24) is 15.7 Å². The predicted octanol–water partition coefficient (Wildman–Crippen LogP) is -0.508. The Bertz CT molecular complexity index is 211. The number of piperidine rings is 1. The third-order valence-corrected chi connectivity index (χ3v) is 2.89. The van der Waals surface area contributed by atoms with Gasteiger partial charge < -0.3 is 15.5 Å². The van der Waals surface area contributed by atoms with Crippen LogP contribution < -0.4 is 10.6 Å². The second-order valence-corrected chi connectivity index (χ2v) is 4.09. The van der Waals surface area contributed by atoms with Crippen LogP contribution in [0.3, 0.4) is 0 Å². The van der Waals surface area contributed by atoms with Crippen LogP contribution in [-0.2, 0) is 9.63 Å². The minimum absolute atomic E-state index is 0.0892. The maximum atomic E-state index is 11.7. The minimum Gasteiger partial charge on any atom is -0.366 e. The van der Waals surface area contributed by atoms with Crippen LogP contribution in [0.2, 0.25) is 0 Å². The Kier molecular flexibility index (Phi) is 3.94. The highest BCUT2D eigenvalue weighted by atomic mass is 16.7. The van der Waals surface area contributed by atoms with E-state index in [1.54, 1.807) is 5.06 Å². The molecule has 2 rings (SSSR count). The molecule has 2 heterocycles. The van der Waals surface area contributed by atoms with Crippen LogP contribution in [0, 0.1) is 0 Å². The first kappa shape index (κ1) is 10.9. The zero-order chi connectivity index (χ0) is 10.5. The van der Waals surface area contributed by atoms with Gasteiger partial charge in [0.2, 0.25) is 0 Å². The highest BCUT2D eigenvalue weighted by molar-refractivity contribution is 5.75. The summed E-state index contributed by atoms with van der Waals surface area (Å²) < 4.78 is 0. The topological polar surface area (TPSA) is 53.6 Å². The fraction of sp³-hybridized carbons (Fsp3) is 0.900. The second-order valence-electron chi connectivity index (χ2n) is 4.09. The molecule has 0 spiro atoms. The van der Waals surface area contributed by atoms with Crippen molar-refractivity contribution in [1.29, 1.82) is 0 Å². The summed E-state index contributed by atoms with van der Waals surface area (Å²) in [6.45, 7) is 4.30. The summed E-state index contributed by atoms with van der Waals surface area (Å²) in [4.78, 5) is 17.0. The van der Waals surface area contributed by atoms with Gasteiger partial charge in [-0.15, -0.1) is 5.06 Å². The number of carbonyl (C=O) groups excluding carboxylic acids is 1. The lowest BCUT2D eigenvalue weighted by Crippen LogP contribution is -2.48. The molecular weight excluding hydrogens is 194 g/mol. The Labute approximate surface area is 90.1 Å². The number of nitrogens with zero attached hydrogens (tertiary/aromatic N) is 1. The molecule has 0 amide bonds. The van der Waals surface area contributed by atoms with Gasteiger partial charge in [0, 0.05) is 26.2 Å². The molecule has 2 N–H and O–H groups in total. The average Bonchev–Trinajstić information content (AvgIpc) is 2.31. The van der Waals surface area contributed by atoms with Crippen molar-refractivity contribution in [3.63, 3.8) is 0 Å². The molecule has 0 aromatic heterocycles. The lowest BCUT2D eigenvalue weighted by molar-refractivity contribution is -0.195. The van der Waals surface area contributed by atoms with Gasteiger partial charge in [0.05, 0.1) is 0 Å². The van der Waals surface area contributed by atoms with Crippen molar-refractivity contribution >= 4 is 5.97 Å². The smallest absolute Gasteiger partial charge is 0.341 e. The first-order valence-electron chi connectivity index (χ1n) is 5.77. The molecule has 0 bridgehead atoms. The SMILES string of the molecule is O=C(ON1CCNCC1)C1CCCCN1. The Balaban J connectivity index is 1.74. The molecule has 0 saturated carbocycles. The van der Waals surface area contributed by atoms with Gasteiger partial charge in [-0.05, 0) is 19.4 Å². The van der Waals surface area contributed by atoms with E-state index in [9.17, 15) is 4.79 Å². The Morgan fingerprint density at radius 2 is 2.00 bits per heavy atom. The van der Waals surface area contributed by atoms with Crippen molar-refractivity contribution < 1.29 is 9.63 Å². The number of hydroxylamine groups is 2. The lowest BCUT2D eigenvalue weighted by atomic mass is 10.1. The van der Waals surface area contributed by atoms with Crippen molar-refractivity contribution in [2.75, 3.05) is 32.7 Å². The molecule has 1 unspecified atom stereocenters. The second kappa shape index (κ2) is 5.44. The van der Waals surface area contributed by atoms with Crippen LogP contribution in [-0.4, -0.2) is 49.8 Å². The molecule has 0 aromatic carbocycles. The predicted molar refractivity (Wildman–Crippen MR) is 56.2 cm³/mol. The first-order valence-corrected chi connectivity index (χ1v) is 5.77. The van der Waals surface area contributed by atoms with Crippen LogP contribution >= 0.6 is 0 Å². The number of piperazine rings is 1. The Hall–Kier alpha value is -0.650. The van der Waals surface area contributed by atoms with Crippen LogP contribution in [0.15, 0.2) is 0 Å². The summed E-state index contributed by atoms with van der Waals surface area (Å²) in [5, 5.41) is 8.17. The van der Waals surface area contributed by atoms with E-state index in [0.29, 0.717) is 0 Å². The summed E-state index contributed by atoms with van der Waals surface area (Å²) in [6.07, 6.45) is 3.19. The first-order chi connectivity index (χ1) is 7.36. The molecule has 0 aliphatic carbocycles. The lowest BCUT2D eigenvalue weighted by Gasteiger charge is -2.28. The molecule has 2 saturated heterocycles. The van der Waals surface area contributed by atoms with Gasteiger partial charge in [-0.2, -0.15) is 0 Å². The van der Waals surface area contributed by atoms with Crippen molar-refractivity contribution in [3.8, 4) is 0 Å². The summed E-state index contributed by atoms with van der Waals surface area (Å²) in [7, 11) is 0. The average molecular weight is 213 g/mol. The largest absolute Gasteiger partial charge is 0.366 e. The van der Waals surface area contributed by atoms with Gasteiger partial charge in [-0.1, -0.05) is 6.42 Å². The summed E-state index contributed by atoms with van der Waals surface area (Å²) >= 11 is 0. The van der Waals surface area contributed by atoms with Gasteiger partial charge in [0.15, 0.2) is 0 Å². The van der Waals surface area contributed by atoms with Crippen LogP contribution in [0.5, 0.6) is 0 Å². The summed E-state index contributed by atoms with van der Waals surface area (Å²) in [5.41, 5.74) is 0. The normalized spacial score (nSPS) is 28.7. The standard InChI is InChI=1S/C10H19N3O2/c14-10(9-3-1-2-4-12-9)15-13-7-5-11-6-8-13/h9,11-12H,1-8H2. The van der Waals surface area contributed by atoms with Gasteiger partial charge >= 0.3 is 5.97 Å². The molecule has 0 radical (unpaired) electrons. The van der Waals surface area contributed by atoms with Crippen molar-refractivity contribution in [2.24, 2.45) is 0 Å². The fourth-order valence-corrected chi connectivity index (χ4v) is 1.98. The van der Waals surface area contributed by atoms with Crippen LogP contribution in [0.25, 0.3) is 0 Å². The van der Waals surface area contributed by atoms with Crippen molar-refractivity contribution in [2.45, 2.75) is 25.3 Å². The molecular formula is C10H19N3O2. The van der Waals surface area contributed by atoms with E-state index < -0.39 is 0 Å². The number of nitrogens with one attached hydrogen (secondary N) is 2. The van der Waals surface area contributed by atoms with Crippen LogP contribution in [0.4, 0.5) is 0 Å². The van der Waals surface area contributed by atoms with Crippen molar-refractivity contribution in [3.05, 3.63) is 0 Å². The van der Waals surface area contributed by atoms with E-state index in [-0.39, 0.29) is 12.0 Å². The van der Waals surface area contributed by atoms with E-state index in [2.05, 4.69) is 10.6 Å². The third-order valence-electron chi connectivity index (χ3n) is 2.89. The molecule has 2 fully saturated rings. The van der Waals surface area contributed by atoms with Gasteiger partial charge in [-0.25, -0.2) is 4.79 Å². The van der Waals surface area contributed by atoms with Gasteiger partial charge in [0.1, 0.15) is 6.04 Å². The number of carbonyl (C=O) groups is 1. The van der Waals surface area contributed by atoms with E-state index in [4.69, 9.17) is 4.84 Å². The number of hydrogen-bond donors (Lipinski definition) is 2. The maximum absolute atomic E-state index is 11.7. The van der Waals surface area contributed by atoms with E-state index >= 15 is 0 Å². The third kappa shape index (κ3) is 3.15. The highest BCUT2D eigenvalue weighted by Gasteiger charge is 2.24. The molecule has 2 aliphatic rings. The van der Waals surface area contributed by atoms with E-state index in [1.807, 2.05) is 0 Å². The quantitative estimate of drug-likeness (QED) is 0.647.